The molecule has 4 heteroatoms. The Kier molecular flexibility index (Phi) is 4.03. The van der Waals surface area contributed by atoms with Crippen LogP contribution in [0, 0.1) is 6.92 Å². The first-order chi connectivity index (χ1) is 9.16. The molecule has 19 heavy (non-hydrogen) atoms. The second kappa shape index (κ2) is 5.91. The summed E-state index contributed by atoms with van der Waals surface area (Å²) >= 11 is 0. The fourth-order valence-corrected chi connectivity index (χ4v) is 1.56. The molecule has 0 spiro atoms. The fourth-order valence-electron chi connectivity index (χ4n) is 1.56. The molecular weight excluding hydrogens is 238 g/mol. The summed E-state index contributed by atoms with van der Waals surface area (Å²) in [5.74, 6) is -0.242. The van der Waals surface area contributed by atoms with Gasteiger partial charge in [0.15, 0.2) is 0 Å². The quantitative estimate of drug-likeness (QED) is 0.675. The lowest BCUT2D eigenvalue weighted by Gasteiger charge is -2.03. The highest BCUT2D eigenvalue weighted by Gasteiger charge is 2.03. The lowest BCUT2D eigenvalue weighted by Crippen LogP contribution is -2.19. The van der Waals surface area contributed by atoms with Crippen molar-refractivity contribution in [3.8, 4) is 0 Å². The molecule has 0 aliphatic rings. The van der Waals surface area contributed by atoms with Gasteiger partial charge in [-0.1, -0.05) is 29.8 Å². The molecule has 0 aliphatic carbocycles. The lowest BCUT2D eigenvalue weighted by atomic mass is 10.1. The molecule has 1 N–H and O–H groups in total. The van der Waals surface area contributed by atoms with Crippen LogP contribution in [0.2, 0.25) is 0 Å². The Morgan fingerprint density at radius 3 is 2.32 bits per heavy atom. The van der Waals surface area contributed by atoms with Crippen molar-refractivity contribution < 1.29 is 4.79 Å². The molecule has 1 heterocycles. The molecule has 0 bridgehead atoms. The molecule has 0 unspecified atom stereocenters. The summed E-state index contributed by atoms with van der Waals surface area (Å²) in [7, 11) is 0. The normalized spacial score (nSPS) is 11.2. The van der Waals surface area contributed by atoms with Gasteiger partial charge in [0.1, 0.15) is 0 Å². The maximum Gasteiger partial charge on any atom is 0.271 e. The van der Waals surface area contributed by atoms with Crippen LogP contribution >= 0.6 is 0 Å². The zero-order chi connectivity index (χ0) is 13.7. The maximum absolute atomic E-state index is 11.8. The minimum absolute atomic E-state index is 0.242. The van der Waals surface area contributed by atoms with Crippen molar-refractivity contribution in [3.05, 3.63) is 65.5 Å². The van der Waals surface area contributed by atoms with E-state index in [-0.39, 0.29) is 5.91 Å². The van der Waals surface area contributed by atoms with Gasteiger partial charge in [0, 0.05) is 18.0 Å². The molecule has 1 aromatic carbocycles. The van der Waals surface area contributed by atoms with Gasteiger partial charge in [-0.2, -0.15) is 5.10 Å². The molecule has 0 atom stereocenters. The number of hydrogen-bond donors (Lipinski definition) is 1. The van der Waals surface area contributed by atoms with Crippen molar-refractivity contribution in [2.45, 2.75) is 13.8 Å². The maximum atomic E-state index is 11.8. The number of hydrogen-bond acceptors (Lipinski definition) is 3. The number of nitrogens with zero attached hydrogens (tertiary/aromatic N) is 2. The number of aryl methyl sites for hydroxylation is 1. The number of nitrogens with one attached hydrogen (secondary N) is 1. The minimum atomic E-state index is -0.242. The molecule has 2 rings (SSSR count). The molecule has 2 aromatic rings. The Bertz CT molecular complexity index is 589. The van der Waals surface area contributed by atoms with Gasteiger partial charge in [0.05, 0.1) is 5.71 Å². The summed E-state index contributed by atoms with van der Waals surface area (Å²) in [6, 6.07) is 11.3. The van der Waals surface area contributed by atoms with E-state index in [1.165, 1.54) is 5.56 Å². The van der Waals surface area contributed by atoms with Gasteiger partial charge in [-0.05, 0) is 31.5 Å². The highest BCUT2D eigenvalue weighted by atomic mass is 16.2. The average Bonchev–Trinajstić information content (AvgIpc) is 2.46. The van der Waals surface area contributed by atoms with E-state index in [4.69, 9.17) is 0 Å². The van der Waals surface area contributed by atoms with Gasteiger partial charge in [0.25, 0.3) is 5.91 Å². The zero-order valence-corrected chi connectivity index (χ0v) is 10.9. The summed E-state index contributed by atoms with van der Waals surface area (Å²) in [5.41, 5.74) is 6.02. The largest absolute Gasteiger partial charge is 0.271 e. The number of pyridine rings is 1. The fraction of sp³-hybridized carbons (Fsp3) is 0.133. The second-order valence-corrected chi connectivity index (χ2v) is 4.24. The first-order valence-corrected chi connectivity index (χ1v) is 5.98. The van der Waals surface area contributed by atoms with Gasteiger partial charge in [-0.25, -0.2) is 5.43 Å². The Labute approximate surface area is 112 Å². The van der Waals surface area contributed by atoms with E-state index in [2.05, 4.69) is 15.5 Å². The van der Waals surface area contributed by atoms with Crippen LogP contribution in [0.1, 0.15) is 28.4 Å². The Hall–Kier alpha value is -2.49. The van der Waals surface area contributed by atoms with Crippen molar-refractivity contribution in [2.75, 3.05) is 0 Å². The van der Waals surface area contributed by atoms with Gasteiger partial charge in [0.2, 0.25) is 0 Å². The minimum Gasteiger partial charge on any atom is -0.267 e. The Morgan fingerprint density at radius 1 is 1.05 bits per heavy atom. The van der Waals surface area contributed by atoms with Crippen molar-refractivity contribution in [2.24, 2.45) is 5.10 Å². The van der Waals surface area contributed by atoms with E-state index in [1.807, 2.05) is 38.1 Å². The number of carbonyl (C=O) groups excluding carboxylic acids is 1. The molecule has 1 aromatic heterocycles. The van der Waals surface area contributed by atoms with Gasteiger partial charge < -0.3 is 0 Å². The monoisotopic (exact) mass is 253 g/mol. The predicted molar refractivity (Wildman–Crippen MR) is 75.1 cm³/mol. The molecule has 0 fully saturated rings. The second-order valence-electron chi connectivity index (χ2n) is 4.24. The number of carbonyl (C=O) groups is 1. The number of benzene rings is 1. The molecule has 4 nitrogen and oxygen atoms in total. The lowest BCUT2D eigenvalue weighted by molar-refractivity contribution is 0.0954. The number of amides is 1. The van der Waals surface area contributed by atoms with Crippen molar-refractivity contribution in [1.82, 2.24) is 10.4 Å². The predicted octanol–water partition coefficient (Wildman–Crippen LogP) is 2.54. The summed E-state index contributed by atoms with van der Waals surface area (Å²) < 4.78 is 0. The van der Waals surface area contributed by atoms with E-state index in [0.29, 0.717) is 5.56 Å². The van der Waals surface area contributed by atoms with Crippen molar-refractivity contribution >= 4 is 11.6 Å². The van der Waals surface area contributed by atoms with Crippen LogP contribution in [0.4, 0.5) is 0 Å². The van der Waals surface area contributed by atoms with Gasteiger partial charge >= 0.3 is 0 Å². The Morgan fingerprint density at radius 2 is 1.68 bits per heavy atom. The standard InChI is InChI=1S/C15H15N3O/c1-11-3-5-13(6-4-11)12(2)17-18-15(19)14-7-9-16-10-8-14/h3-10H,1-2H3,(H,18,19). The van der Waals surface area contributed by atoms with Crippen molar-refractivity contribution in [1.29, 1.82) is 0 Å². The van der Waals surface area contributed by atoms with Crippen LogP contribution in [0.25, 0.3) is 0 Å². The van der Waals surface area contributed by atoms with Crippen LogP contribution < -0.4 is 5.43 Å². The number of hydrazone groups is 1. The molecule has 0 saturated heterocycles. The number of rotatable bonds is 3. The summed E-state index contributed by atoms with van der Waals surface area (Å²) in [4.78, 5) is 15.7. The molecular formula is C15H15N3O. The van der Waals surface area contributed by atoms with Crippen LogP contribution in [-0.4, -0.2) is 16.6 Å². The summed E-state index contributed by atoms with van der Waals surface area (Å²) in [5, 5.41) is 4.10. The topological polar surface area (TPSA) is 54.4 Å². The third-order valence-electron chi connectivity index (χ3n) is 2.74. The smallest absolute Gasteiger partial charge is 0.267 e. The van der Waals surface area contributed by atoms with E-state index >= 15 is 0 Å². The highest BCUT2D eigenvalue weighted by Crippen LogP contribution is 2.04. The molecule has 0 radical (unpaired) electrons. The SMILES string of the molecule is CC(=NNC(=O)c1ccncc1)c1ccc(C)cc1. The molecule has 0 aliphatic heterocycles. The van der Waals surface area contributed by atoms with Crippen LogP contribution in [-0.2, 0) is 0 Å². The zero-order valence-electron chi connectivity index (χ0n) is 10.9. The Balaban J connectivity index is 2.06. The van der Waals surface area contributed by atoms with E-state index in [0.717, 1.165) is 11.3 Å². The average molecular weight is 253 g/mol. The first-order valence-electron chi connectivity index (χ1n) is 5.98. The van der Waals surface area contributed by atoms with Crippen LogP contribution in [0.5, 0.6) is 0 Å². The van der Waals surface area contributed by atoms with E-state index in [1.54, 1.807) is 24.5 Å². The van der Waals surface area contributed by atoms with Crippen LogP contribution in [0.3, 0.4) is 0 Å². The van der Waals surface area contributed by atoms with Crippen molar-refractivity contribution in [3.63, 3.8) is 0 Å². The van der Waals surface area contributed by atoms with E-state index in [9.17, 15) is 4.79 Å². The summed E-state index contributed by atoms with van der Waals surface area (Å²) in [6.07, 6.45) is 3.15. The van der Waals surface area contributed by atoms with Gasteiger partial charge in [-0.15, -0.1) is 0 Å². The third kappa shape index (κ3) is 3.48. The van der Waals surface area contributed by atoms with Crippen LogP contribution in [0.15, 0.2) is 53.9 Å². The number of aromatic nitrogens is 1. The molecule has 1 amide bonds. The van der Waals surface area contributed by atoms with Gasteiger partial charge in [-0.3, -0.25) is 9.78 Å². The summed E-state index contributed by atoms with van der Waals surface area (Å²) in [6.45, 7) is 3.89. The molecule has 0 saturated carbocycles. The third-order valence-corrected chi connectivity index (χ3v) is 2.74. The highest BCUT2D eigenvalue weighted by molar-refractivity contribution is 6.00. The van der Waals surface area contributed by atoms with E-state index < -0.39 is 0 Å². The molecule has 96 valence electrons. The first kappa shape index (κ1) is 13.0.